The van der Waals surface area contributed by atoms with E-state index in [1.165, 1.54) is 0 Å². The molecule has 0 heterocycles. The van der Waals surface area contributed by atoms with Gasteiger partial charge in [0.05, 0.1) is 0 Å². The van der Waals surface area contributed by atoms with Crippen LogP contribution in [0.2, 0.25) is 0 Å². The molecule has 2 amide bonds. The Labute approximate surface area is 109 Å². The lowest BCUT2D eigenvalue weighted by atomic mass is 10.2. The molecule has 0 bridgehead atoms. The molecule has 0 aromatic heterocycles. The standard InChI is InChI=1S/C14H23N3O/c1-3-16(4-2)14(18)17(11-10-15)12-13-8-6-5-7-9-13/h5-9H,3-4,10-12,15H2,1-2H3. The van der Waals surface area contributed by atoms with Crippen LogP contribution in [0.25, 0.3) is 0 Å². The zero-order valence-electron chi connectivity index (χ0n) is 11.3. The number of rotatable bonds is 6. The minimum Gasteiger partial charge on any atom is -0.329 e. The van der Waals surface area contributed by atoms with Crippen LogP contribution in [0.1, 0.15) is 19.4 Å². The summed E-state index contributed by atoms with van der Waals surface area (Å²) in [6.45, 7) is 7.13. The second kappa shape index (κ2) is 7.71. The fraction of sp³-hybridized carbons (Fsp3) is 0.500. The van der Waals surface area contributed by atoms with Crippen LogP contribution >= 0.6 is 0 Å². The van der Waals surface area contributed by atoms with Gasteiger partial charge < -0.3 is 15.5 Å². The highest BCUT2D eigenvalue weighted by Gasteiger charge is 2.17. The van der Waals surface area contributed by atoms with E-state index >= 15 is 0 Å². The van der Waals surface area contributed by atoms with E-state index in [1.54, 1.807) is 0 Å². The van der Waals surface area contributed by atoms with Crippen molar-refractivity contribution in [3.63, 3.8) is 0 Å². The zero-order chi connectivity index (χ0) is 13.4. The number of carbonyl (C=O) groups is 1. The first-order chi connectivity index (χ1) is 8.72. The Balaban J connectivity index is 2.73. The number of amides is 2. The predicted molar refractivity (Wildman–Crippen MR) is 74.2 cm³/mol. The maximum absolute atomic E-state index is 12.3. The number of nitrogens with zero attached hydrogens (tertiary/aromatic N) is 2. The van der Waals surface area contributed by atoms with Crippen molar-refractivity contribution in [2.45, 2.75) is 20.4 Å². The molecule has 4 heteroatoms. The molecule has 0 fully saturated rings. The Kier molecular flexibility index (Phi) is 6.22. The molecule has 0 aliphatic carbocycles. The molecule has 2 N–H and O–H groups in total. The minimum absolute atomic E-state index is 0.0642. The number of carbonyl (C=O) groups excluding carboxylic acids is 1. The van der Waals surface area contributed by atoms with Crippen LogP contribution in [0.4, 0.5) is 4.79 Å². The number of nitrogens with two attached hydrogens (primary N) is 1. The van der Waals surface area contributed by atoms with E-state index in [0.29, 0.717) is 19.6 Å². The number of hydrogen-bond donors (Lipinski definition) is 1. The zero-order valence-corrected chi connectivity index (χ0v) is 11.3. The van der Waals surface area contributed by atoms with E-state index in [1.807, 2.05) is 54.0 Å². The Morgan fingerprint density at radius 1 is 1.11 bits per heavy atom. The molecule has 0 atom stereocenters. The van der Waals surface area contributed by atoms with E-state index in [4.69, 9.17) is 5.73 Å². The lowest BCUT2D eigenvalue weighted by Gasteiger charge is -2.29. The quantitative estimate of drug-likeness (QED) is 0.837. The number of urea groups is 1. The van der Waals surface area contributed by atoms with Gasteiger partial charge in [0.1, 0.15) is 0 Å². The van der Waals surface area contributed by atoms with Crippen molar-refractivity contribution in [1.29, 1.82) is 0 Å². The second-order valence-electron chi connectivity index (χ2n) is 4.15. The van der Waals surface area contributed by atoms with Gasteiger partial charge in [0.25, 0.3) is 0 Å². The molecular formula is C14H23N3O. The summed E-state index contributed by atoms with van der Waals surface area (Å²) in [4.78, 5) is 15.9. The highest BCUT2D eigenvalue weighted by atomic mass is 16.2. The first kappa shape index (κ1) is 14.5. The lowest BCUT2D eigenvalue weighted by Crippen LogP contribution is -2.44. The third-order valence-corrected chi connectivity index (χ3v) is 2.92. The van der Waals surface area contributed by atoms with E-state index in [9.17, 15) is 4.79 Å². The molecule has 0 saturated heterocycles. The Bertz CT molecular complexity index is 349. The molecule has 0 aliphatic rings. The van der Waals surface area contributed by atoms with Crippen LogP contribution in [0.3, 0.4) is 0 Å². The van der Waals surface area contributed by atoms with Crippen molar-refractivity contribution in [2.75, 3.05) is 26.2 Å². The van der Waals surface area contributed by atoms with Crippen molar-refractivity contribution >= 4 is 6.03 Å². The van der Waals surface area contributed by atoms with Crippen LogP contribution in [0, 0.1) is 0 Å². The number of hydrogen-bond acceptors (Lipinski definition) is 2. The normalized spacial score (nSPS) is 10.2. The fourth-order valence-electron chi connectivity index (χ4n) is 1.90. The van der Waals surface area contributed by atoms with Gasteiger partial charge >= 0.3 is 6.03 Å². The van der Waals surface area contributed by atoms with E-state index in [2.05, 4.69) is 0 Å². The van der Waals surface area contributed by atoms with E-state index in [0.717, 1.165) is 18.7 Å². The smallest absolute Gasteiger partial charge is 0.320 e. The number of benzene rings is 1. The first-order valence-electron chi connectivity index (χ1n) is 6.50. The molecule has 1 aromatic rings. The molecule has 0 unspecified atom stereocenters. The Morgan fingerprint density at radius 2 is 1.72 bits per heavy atom. The summed E-state index contributed by atoms with van der Waals surface area (Å²) in [7, 11) is 0. The first-order valence-corrected chi connectivity index (χ1v) is 6.50. The maximum Gasteiger partial charge on any atom is 0.320 e. The van der Waals surface area contributed by atoms with E-state index in [-0.39, 0.29) is 6.03 Å². The maximum atomic E-state index is 12.3. The van der Waals surface area contributed by atoms with Gasteiger partial charge in [0.2, 0.25) is 0 Å². The van der Waals surface area contributed by atoms with Crippen molar-refractivity contribution < 1.29 is 4.79 Å². The van der Waals surface area contributed by atoms with Gasteiger partial charge in [-0.25, -0.2) is 4.79 Å². The summed E-state index contributed by atoms with van der Waals surface area (Å²) in [6, 6.07) is 10.1. The third kappa shape index (κ3) is 4.04. The van der Waals surface area contributed by atoms with Crippen molar-refractivity contribution in [3.8, 4) is 0 Å². The predicted octanol–water partition coefficient (Wildman–Crippen LogP) is 1.91. The van der Waals surface area contributed by atoms with Crippen LogP contribution in [0.5, 0.6) is 0 Å². The van der Waals surface area contributed by atoms with Crippen LogP contribution in [-0.4, -0.2) is 42.0 Å². The van der Waals surface area contributed by atoms with Gasteiger partial charge in [-0.15, -0.1) is 0 Å². The Hall–Kier alpha value is -1.55. The van der Waals surface area contributed by atoms with Crippen LogP contribution in [0.15, 0.2) is 30.3 Å². The molecule has 1 aromatic carbocycles. The summed E-state index contributed by atoms with van der Waals surface area (Å²) in [5.74, 6) is 0. The molecule has 1 rings (SSSR count). The summed E-state index contributed by atoms with van der Waals surface area (Å²) in [5, 5.41) is 0. The second-order valence-corrected chi connectivity index (χ2v) is 4.15. The highest BCUT2D eigenvalue weighted by molar-refractivity contribution is 5.74. The topological polar surface area (TPSA) is 49.6 Å². The molecular weight excluding hydrogens is 226 g/mol. The van der Waals surface area contributed by atoms with Crippen LogP contribution < -0.4 is 5.73 Å². The van der Waals surface area contributed by atoms with Gasteiger partial charge in [0.15, 0.2) is 0 Å². The van der Waals surface area contributed by atoms with Crippen molar-refractivity contribution in [1.82, 2.24) is 9.80 Å². The molecule has 0 saturated carbocycles. The molecule has 100 valence electrons. The SMILES string of the molecule is CCN(CC)C(=O)N(CCN)Cc1ccccc1. The summed E-state index contributed by atoms with van der Waals surface area (Å²) in [5.41, 5.74) is 6.72. The summed E-state index contributed by atoms with van der Waals surface area (Å²) >= 11 is 0. The highest BCUT2D eigenvalue weighted by Crippen LogP contribution is 2.07. The molecule has 0 radical (unpaired) electrons. The van der Waals surface area contributed by atoms with Crippen molar-refractivity contribution in [2.24, 2.45) is 5.73 Å². The lowest BCUT2D eigenvalue weighted by molar-refractivity contribution is 0.156. The van der Waals surface area contributed by atoms with Gasteiger partial charge in [-0.05, 0) is 19.4 Å². The summed E-state index contributed by atoms with van der Waals surface area (Å²) in [6.07, 6.45) is 0. The van der Waals surface area contributed by atoms with Gasteiger partial charge in [-0.2, -0.15) is 0 Å². The molecule has 18 heavy (non-hydrogen) atoms. The fourth-order valence-corrected chi connectivity index (χ4v) is 1.90. The minimum atomic E-state index is 0.0642. The average molecular weight is 249 g/mol. The van der Waals surface area contributed by atoms with E-state index < -0.39 is 0 Å². The average Bonchev–Trinajstić information content (AvgIpc) is 2.40. The summed E-state index contributed by atoms with van der Waals surface area (Å²) < 4.78 is 0. The Morgan fingerprint density at radius 3 is 2.22 bits per heavy atom. The largest absolute Gasteiger partial charge is 0.329 e. The molecule has 0 spiro atoms. The monoisotopic (exact) mass is 249 g/mol. The molecule has 0 aliphatic heterocycles. The van der Waals surface area contributed by atoms with Crippen LogP contribution in [-0.2, 0) is 6.54 Å². The van der Waals surface area contributed by atoms with Gasteiger partial charge in [-0.3, -0.25) is 0 Å². The van der Waals surface area contributed by atoms with Crippen molar-refractivity contribution in [3.05, 3.63) is 35.9 Å². The van der Waals surface area contributed by atoms with Gasteiger partial charge in [-0.1, -0.05) is 30.3 Å². The van der Waals surface area contributed by atoms with Gasteiger partial charge in [0, 0.05) is 32.7 Å². The third-order valence-electron chi connectivity index (χ3n) is 2.92. The molecule has 4 nitrogen and oxygen atoms in total.